The second-order valence-electron chi connectivity index (χ2n) is 5.37. The third-order valence-corrected chi connectivity index (χ3v) is 4.52. The van der Waals surface area contributed by atoms with Gasteiger partial charge in [-0.1, -0.05) is 42.1 Å². The van der Waals surface area contributed by atoms with Gasteiger partial charge in [0, 0.05) is 18.1 Å². The average molecular weight is 369 g/mol. The monoisotopic (exact) mass is 369 g/mol. The fourth-order valence-corrected chi connectivity index (χ4v) is 3.03. The number of hydroxylamine groups is 1. The maximum atomic E-state index is 11.9. The first-order chi connectivity index (χ1) is 12.8. The number of imidazole rings is 1. The number of rotatable bonds is 8. The molecule has 1 amide bonds. The molecule has 0 atom stereocenters. The third kappa shape index (κ3) is 4.87. The standard InChI is InChI=1S/C19H19N3O3S/c1-24-17-9-7-16(8-10-17)22-12-11-20-19(22)26-14-18(23)21-25-13-15-5-3-2-4-6-15/h2-12H,13-14H2,1H3,(H,21,23). The van der Waals surface area contributed by atoms with Crippen LogP contribution in [0.2, 0.25) is 0 Å². The summed E-state index contributed by atoms with van der Waals surface area (Å²) in [7, 11) is 1.63. The fraction of sp³-hybridized carbons (Fsp3) is 0.158. The average Bonchev–Trinajstić information content (AvgIpc) is 3.16. The van der Waals surface area contributed by atoms with Crippen LogP contribution >= 0.6 is 11.8 Å². The predicted molar refractivity (Wildman–Crippen MR) is 100 cm³/mol. The van der Waals surface area contributed by atoms with Crippen molar-refractivity contribution in [2.24, 2.45) is 0 Å². The molecule has 0 fully saturated rings. The van der Waals surface area contributed by atoms with Crippen LogP contribution in [0.4, 0.5) is 0 Å². The number of hydrogen-bond acceptors (Lipinski definition) is 5. The third-order valence-electron chi connectivity index (χ3n) is 3.56. The minimum absolute atomic E-state index is 0.210. The lowest BCUT2D eigenvalue weighted by atomic mass is 10.2. The number of carbonyl (C=O) groups is 1. The summed E-state index contributed by atoms with van der Waals surface area (Å²) in [6.07, 6.45) is 3.56. The molecule has 0 aliphatic heterocycles. The maximum absolute atomic E-state index is 11.9. The smallest absolute Gasteiger partial charge is 0.254 e. The Morgan fingerprint density at radius 1 is 1.15 bits per heavy atom. The Labute approximate surface area is 156 Å². The van der Waals surface area contributed by atoms with Crippen molar-refractivity contribution < 1.29 is 14.4 Å². The number of amides is 1. The first-order valence-electron chi connectivity index (χ1n) is 8.01. The number of hydrogen-bond donors (Lipinski definition) is 1. The SMILES string of the molecule is COc1ccc(-n2ccnc2SCC(=O)NOCc2ccccc2)cc1. The van der Waals surface area contributed by atoms with Gasteiger partial charge in [-0.3, -0.25) is 14.2 Å². The van der Waals surface area contributed by atoms with Gasteiger partial charge in [0.25, 0.3) is 5.91 Å². The van der Waals surface area contributed by atoms with Crippen LogP contribution in [-0.4, -0.2) is 28.3 Å². The highest BCUT2D eigenvalue weighted by atomic mass is 32.2. The topological polar surface area (TPSA) is 65.4 Å². The number of methoxy groups -OCH3 is 1. The van der Waals surface area contributed by atoms with Crippen LogP contribution in [0.5, 0.6) is 5.75 Å². The Hall–Kier alpha value is -2.77. The molecule has 1 N–H and O–H groups in total. The number of nitrogens with zero attached hydrogens (tertiary/aromatic N) is 2. The van der Waals surface area contributed by atoms with Gasteiger partial charge in [-0.25, -0.2) is 10.5 Å². The van der Waals surface area contributed by atoms with E-state index in [9.17, 15) is 4.79 Å². The molecule has 0 unspecified atom stereocenters. The van der Waals surface area contributed by atoms with Gasteiger partial charge >= 0.3 is 0 Å². The fourth-order valence-electron chi connectivity index (χ4n) is 2.27. The number of benzene rings is 2. The van der Waals surface area contributed by atoms with Crippen molar-refractivity contribution in [1.29, 1.82) is 0 Å². The first-order valence-corrected chi connectivity index (χ1v) is 9.00. The quantitative estimate of drug-likeness (QED) is 0.488. The molecular weight excluding hydrogens is 350 g/mol. The Morgan fingerprint density at radius 3 is 2.65 bits per heavy atom. The van der Waals surface area contributed by atoms with Gasteiger partial charge < -0.3 is 4.74 Å². The van der Waals surface area contributed by atoms with Crippen molar-refractivity contribution in [3.63, 3.8) is 0 Å². The number of carbonyl (C=O) groups excluding carboxylic acids is 1. The van der Waals surface area contributed by atoms with Crippen molar-refractivity contribution in [3.05, 3.63) is 72.6 Å². The normalized spacial score (nSPS) is 10.5. The van der Waals surface area contributed by atoms with Gasteiger partial charge in [0.1, 0.15) is 5.75 Å². The largest absolute Gasteiger partial charge is 0.497 e. The lowest BCUT2D eigenvalue weighted by Gasteiger charge is -2.09. The van der Waals surface area contributed by atoms with E-state index in [1.807, 2.05) is 65.4 Å². The molecule has 0 bridgehead atoms. The highest BCUT2D eigenvalue weighted by Gasteiger charge is 2.09. The zero-order valence-corrected chi connectivity index (χ0v) is 15.1. The van der Waals surface area contributed by atoms with Crippen molar-refractivity contribution in [2.45, 2.75) is 11.8 Å². The van der Waals surface area contributed by atoms with Crippen LogP contribution in [0.15, 0.2) is 72.1 Å². The van der Waals surface area contributed by atoms with Crippen molar-refractivity contribution in [1.82, 2.24) is 15.0 Å². The molecule has 0 saturated carbocycles. The van der Waals surface area contributed by atoms with Gasteiger partial charge in [0.05, 0.1) is 19.5 Å². The molecule has 1 heterocycles. The van der Waals surface area contributed by atoms with Crippen LogP contribution in [0.1, 0.15) is 5.56 Å². The summed E-state index contributed by atoms with van der Waals surface area (Å²) in [6, 6.07) is 17.3. The summed E-state index contributed by atoms with van der Waals surface area (Å²) in [6.45, 7) is 0.331. The van der Waals surface area contributed by atoms with E-state index in [0.29, 0.717) is 6.61 Å². The first kappa shape index (κ1) is 18.0. The van der Waals surface area contributed by atoms with Crippen LogP contribution in [0, 0.1) is 0 Å². The minimum Gasteiger partial charge on any atom is -0.497 e. The van der Waals surface area contributed by atoms with Crippen LogP contribution in [0.25, 0.3) is 5.69 Å². The number of nitrogens with one attached hydrogen (secondary N) is 1. The Kier molecular flexibility index (Phi) is 6.29. The predicted octanol–water partition coefficient (Wildman–Crippen LogP) is 3.22. The van der Waals surface area contributed by atoms with E-state index in [2.05, 4.69) is 10.5 Å². The van der Waals surface area contributed by atoms with Gasteiger partial charge in [-0.15, -0.1) is 0 Å². The van der Waals surface area contributed by atoms with Crippen LogP contribution in [-0.2, 0) is 16.2 Å². The highest BCUT2D eigenvalue weighted by molar-refractivity contribution is 7.99. The van der Waals surface area contributed by atoms with Crippen molar-refractivity contribution in [2.75, 3.05) is 12.9 Å². The van der Waals surface area contributed by atoms with E-state index >= 15 is 0 Å². The highest BCUT2D eigenvalue weighted by Crippen LogP contribution is 2.22. The Bertz CT molecular complexity index is 835. The van der Waals surface area contributed by atoms with E-state index in [1.54, 1.807) is 13.3 Å². The maximum Gasteiger partial charge on any atom is 0.254 e. The lowest BCUT2D eigenvalue weighted by molar-refractivity contribution is -0.131. The van der Waals surface area contributed by atoms with Crippen molar-refractivity contribution in [3.8, 4) is 11.4 Å². The number of ether oxygens (including phenoxy) is 1. The van der Waals surface area contributed by atoms with Gasteiger partial charge in [-0.05, 0) is 29.8 Å². The summed E-state index contributed by atoms with van der Waals surface area (Å²) >= 11 is 1.34. The molecule has 6 nitrogen and oxygen atoms in total. The Morgan fingerprint density at radius 2 is 1.92 bits per heavy atom. The zero-order chi connectivity index (χ0) is 18.2. The molecule has 0 aliphatic rings. The molecule has 0 radical (unpaired) electrons. The van der Waals surface area contributed by atoms with Gasteiger partial charge in [0.15, 0.2) is 5.16 Å². The molecule has 7 heteroatoms. The summed E-state index contributed by atoms with van der Waals surface area (Å²) < 4.78 is 7.09. The van der Waals surface area contributed by atoms with Crippen LogP contribution < -0.4 is 10.2 Å². The molecule has 3 rings (SSSR count). The van der Waals surface area contributed by atoms with E-state index in [4.69, 9.17) is 9.57 Å². The summed E-state index contributed by atoms with van der Waals surface area (Å²) in [4.78, 5) is 21.5. The molecule has 134 valence electrons. The number of thioether (sulfide) groups is 1. The zero-order valence-electron chi connectivity index (χ0n) is 14.3. The van der Waals surface area contributed by atoms with E-state index in [-0.39, 0.29) is 11.7 Å². The summed E-state index contributed by atoms with van der Waals surface area (Å²) in [5, 5.41) is 0.730. The molecular formula is C19H19N3O3S. The minimum atomic E-state index is -0.213. The molecule has 1 aromatic heterocycles. The van der Waals surface area contributed by atoms with E-state index in [0.717, 1.165) is 22.2 Å². The molecule has 3 aromatic rings. The summed E-state index contributed by atoms with van der Waals surface area (Å²) in [5.41, 5.74) is 4.40. The molecule has 0 aliphatic carbocycles. The second-order valence-corrected chi connectivity index (χ2v) is 6.31. The van der Waals surface area contributed by atoms with E-state index < -0.39 is 0 Å². The lowest BCUT2D eigenvalue weighted by Crippen LogP contribution is -2.25. The molecule has 2 aromatic carbocycles. The summed E-state index contributed by atoms with van der Waals surface area (Å²) in [5.74, 6) is 0.787. The molecule has 26 heavy (non-hydrogen) atoms. The molecule has 0 saturated heterocycles. The Balaban J connectivity index is 1.50. The number of aromatic nitrogens is 2. The van der Waals surface area contributed by atoms with Gasteiger partial charge in [0.2, 0.25) is 0 Å². The van der Waals surface area contributed by atoms with Gasteiger partial charge in [-0.2, -0.15) is 0 Å². The van der Waals surface area contributed by atoms with E-state index in [1.165, 1.54) is 11.8 Å². The van der Waals surface area contributed by atoms with Crippen LogP contribution in [0.3, 0.4) is 0 Å². The second kappa shape index (κ2) is 9.07. The molecule has 0 spiro atoms. The van der Waals surface area contributed by atoms with Crippen molar-refractivity contribution >= 4 is 17.7 Å².